The predicted octanol–water partition coefficient (Wildman–Crippen LogP) is 3.35. The lowest BCUT2D eigenvalue weighted by Gasteiger charge is -2.21. The van der Waals surface area contributed by atoms with E-state index in [1.54, 1.807) is 29.6 Å². The van der Waals surface area contributed by atoms with E-state index in [2.05, 4.69) is 10.6 Å². The lowest BCUT2D eigenvalue weighted by atomic mass is 10.1. The van der Waals surface area contributed by atoms with Crippen LogP contribution in [0.25, 0.3) is 0 Å². The number of hydrogen-bond acceptors (Lipinski definition) is 3. The van der Waals surface area contributed by atoms with Gasteiger partial charge in [-0.2, -0.15) is 0 Å². The lowest BCUT2D eigenvalue weighted by Crippen LogP contribution is -2.51. The Balaban J connectivity index is 2.04. The van der Waals surface area contributed by atoms with Crippen molar-refractivity contribution in [2.75, 3.05) is 0 Å². The maximum absolute atomic E-state index is 12.2. The third-order valence-electron chi connectivity index (χ3n) is 2.88. The standard InChI is InChI=1S/C15H14Cl2N2O2S/c1-9-4-6-10(7-5-9)14(20)18-13(12(16)17)19-15(21)11-3-2-8-22-11/h2-8,12-13H,1H3,(H,18,20)(H,19,21). The molecule has 0 saturated carbocycles. The second kappa shape index (κ2) is 7.63. The topological polar surface area (TPSA) is 58.2 Å². The first kappa shape index (κ1) is 16.8. The minimum absolute atomic E-state index is 0.337. The zero-order chi connectivity index (χ0) is 16.1. The number of thiophene rings is 1. The van der Waals surface area contributed by atoms with Crippen molar-refractivity contribution >= 4 is 46.4 Å². The van der Waals surface area contributed by atoms with Crippen LogP contribution in [0.3, 0.4) is 0 Å². The van der Waals surface area contributed by atoms with Gasteiger partial charge in [0, 0.05) is 5.56 Å². The van der Waals surface area contributed by atoms with Gasteiger partial charge in [-0.25, -0.2) is 0 Å². The Morgan fingerprint density at radius 3 is 2.23 bits per heavy atom. The van der Waals surface area contributed by atoms with E-state index in [1.165, 1.54) is 11.3 Å². The molecule has 0 spiro atoms. The second-order valence-corrected chi connectivity index (χ2v) is 6.71. The molecule has 1 atom stereocenters. The zero-order valence-corrected chi connectivity index (χ0v) is 14.0. The highest BCUT2D eigenvalue weighted by Gasteiger charge is 2.23. The van der Waals surface area contributed by atoms with Crippen molar-refractivity contribution in [3.8, 4) is 0 Å². The number of rotatable bonds is 5. The Morgan fingerprint density at radius 1 is 1.05 bits per heavy atom. The van der Waals surface area contributed by atoms with Crippen LogP contribution in [0.1, 0.15) is 25.6 Å². The summed E-state index contributed by atoms with van der Waals surface area (Å²) < 4.78 is 0. The Bertz CT molecular complexity index is 642. The Labute approximate surface area is 142 Å². The summed E-state index contributed by atoms with van der Waals surface area (Å²) in [7, 11) is 0. The third kappa shape index (κ3) is 4.47. The highest BCUT2D eigenvalue weighted by Crippen LogP contribution is 2.12. The number of alkyl halides is 2. The SMILES string of the molecule is Cc1ccc(C(=O)NC(NC(=O)c2cccs2)C(Cl)Cl)cc1. The van der Waals surface area contributed by atoms with Crippen LogP contribution in [-0.4, -0.2) is 22.8 Å². The quantitative estimate of drug-likeness (QED) is 0.637. The van der Waals surface area contributed by atoms with E-state index in [1.807, 2.05) is 19.1 Å². The van der Waals surface area contributed by atoms with Crippen molar-refractivity contribution in [2.24, 2.45) is 0 Å². The van der Waals surface area contributed by atoms with Gasteiger partial charge in [-0.15, -0.1) is 34.5 Å². The summed E-state index contributed by atoms with van der Waals surface area (Å²) >= 11 is 13.0. The van der Waals surface area contributed by atoms with Gasteiger partial charge in [-0.05, 0) is 30.5 Å². The van der Waals surface area contributed by atoms with E-state index < -0.39 is 11.0 Å². The summed E-state index contributed by atoms with van der Waals surface area (Å²) in [4.78, 5) is 23.7. The number of hydrogen-bond donors (Lipinski definition) is 2. The summed E-state index contributed by atoms with van der Waals surface area (Å²) in [6, 6.07) is 10.5. The molecule has 2 amide bonds. The molecule has 1 unspecified atom stereocenters. The summed E-state index contributed by atoms with van der Waals surface area (Å²) in [5, 5.41) is 7.01. The van der Waals surface area contributed by atoms with Gasteiger partial charge in [0.05, 0.1) is 4.88 Å². The molecule has 0 aliphatic heterocycles. The van der Waals surface area contributed by atoms with Crippen LogP contribution in [0.5, 0.6) is 0 Å². The number of carbonyl (C=O) groups is 2. The average Bonchev–Trinajstić information content (AvgIpc) is 3.01. The smallest absolute Gasteiger partial charge is 0.263 e. The summed E-state index contributed by atoms with van der Waals surface area (Å²) in [6.07, 6.45) is -0.883. The van der Waals surface area contributed by atoms with E-state index in [0.717, 1.165) is 5.56 Å². The molecule has 0 saturated heterocycles. The monoisotopic (exact) mass is 356 g/mol. The maximum Gasteiger partial charge on any atom is 0.263 e. The molecule has 116 valence electrons. The van der Waals surface area contributed by atoms with Crippen molar-refractivity contribution in [3.63, 3.8) is 0 Å². The normalized spacial score (nSPS) is 12.0. The molecule has 0 aliphatic rings. The number of aryl methyl sites for hydroxylation is 1. The van der Waals surface area contributed by atoms with E-state index in [4.69, 9.17) is 23.2 Å². The van der Waals surface area contributed by atoms with Gasteiger partial charge in [0.25, 0.3) is 11.8 Å². The van der Waals surface area contributed by atoms with Crippen molar-refractivity contribution < 1.29 is 9.59 Å². The van der Waals surface area contributed by atoms with Gasteiger partial charge in [0.2, 0.25) is 0 Å². The fourth-order valence-corrected chi connectivity index (χ4v) is 2.59. The number of halogens is 2. The molecule has 1 aromatic carbocycles. The Kier molecular flexibility index (Phi) is 5.83. The van der Waals surface area contributed by atoms with Crippen LogP contribution in [0.2, 0.25) is 0 Å². The molecule has 2 rings (SSSR count). The molecule has 2 aromatic rings. The zero-order valence-electron chi connectivity index (χ0n) is 11.7. The van der Waals surface area contributed by atoms with Gasteiger partial charge >= 0.3 is 0 Å². The third-order valence-corrected chi connectivity index (χ3v) is 4.26. The highest BCUT2D eigenvalue weighted by atomic mass is 35.5. The van der Waals surface area contributed by atoms with Crippen molar-refractivity contribution in [1.82, 2.24) is 10.6 Å². The van der Waals surface area contributed by atoms with Crippen LogP contribution < -0.4 is 10.6 Å². The van der Waals surface area contributed by atoms with Gasteiger partial charge in [0.1, 0.15) is 11.0 Å². The van der Waals surface area contributed by atoms with Crippen molar-refractivity contribution in [1.29, 1.82) is 0 Å². The largest absolute Gasteiger partial charge is 0.329 e. The summed E-state index contributed by atoms with van der Waals surface area (Å²) in [5.41, 5.74) is 1.52. The fourth-order valence-electron chi connectivity index (χ4n) is 1.71. The van der Waals surface area contributed by atoms with Gasteiger partial charge in [0.15, 0.2) is 0 Å². The molecular formula is C15H14Cl2N2O2S. The average molecular weight is 357 g/mol. The van der Waals surface area contributed by atoms with E-state index in [0.29, 0.717) is 10.4 Å². The molecule has 1 heterocycles. The highest BCUT2D eigenvalue weighted by molar-refractivity contribution is 7.12. The minimum atomic E-state index is -0.974. The van der Waals surface area contributed by atoms with Crippen LogP contribution >= 0.6 is 34.5 Å². The molecule has 0 radical (unpaired) electrons. The van der Waals surface area contributed by atoms with Crippen LogP contribution in [0.15, 0.2) is 41.8 Å². The van der Waals surface area contributed by atoms with Gasteiger partial charge < -0.3 is 10.6 Å². The molecule has 4 nitrogen and oxygen atoms in total. The molecule has 0 aliphatic carbocycles. The number of carbonyl (C=O) groups excluding carboxylic acids is 2. The molecular weight excluding hydrogens is 343 g/mol. The first-order valence-corrected chi connectivity index (χ1v) is 8.22. The summed E-state index contributed by atoms with van der Waals surface area (Å²) in [5.74, 6) is -0.696. The first-order valence-electron chi connectivity index (χ1n) is 6.47. The maximum atomic E-state index is 12.2. The molecule has 0 bridgehead atoms. The first-order chi connectivity index (χ1) is 10.5. The predicted molar refractivity (Wildman–Crippen MR) is 89.7 cm³/mol. The molecule has 2 N–H and O–H groups in total. The van der Waals surface area contributed by atoms with Crippen molar-refractivity contribution in [2.45, 2.75) is 17.9 Å². The van der Waals surface area contributed by atoms with Gasteiger partial charge in [-0.3, -0.25) is 9.59 Å². The Morgan fingerprint density at radius 2 is 1.68 bits per heavy atom. The Hall–Kier alpha value is -1.56. The molecule has 7 heteroatoms. The molecule has 22 heavy (non-hydrogen) atoms. The molecule has 0 fully saturated rings. The van der Waals surface area contributed by atoms with Gasteiger partial charge in [-0.1, -0.05) is 23.8 Å². The number of amides is 2. The number of benzene rings is 1. The van der Waals surface area contributed by atoms with E-state index in [9.17, 15) is 9.59 Å². The van der Waals surface area contributed by atoms with Crippen LogP contribution in [0, 0.1) is 6.92 Å². The van der Waals surface area contributed by atoms with Crippen LogP contribution in [0.4, 0.5) is 0 Å². The number of nitrogens with one attached hydrogen (secondary N) is 2. The van der Waals surface area contributed by atoms with Crippen molar-refractivity contribution in [3.05, 3.63) is 57.8 Å². The van der Waals surface area contributed by atoms with E-state index >= 15 is 0 Å². The molecule has 1 aromatic heterocycles. The fraction of sp³-hybridized carbons (Fsp3) is 0.200. The minimum Gasteiger partial charge on any atom is -0.329 e. The second-order valence-electron chi connectivity index (χ2n) is 4.60. The summed E-state index contributed by atoms with van der Waals surface area (Å²) in [6.45, 7) is 1.93. The van der Waals surface area contributed by atoms with Crippen LogP contribution in [-0.2, 0) is 0 Å². The lowest BCUT2D eigenvalue weighted by molar-refractivity contribution is 0.0891. The van der Waals surface area contributed by atoms with E-state index in [-0.39, 0.29) is 11.8 Å².